The largest absolute Gasteiger partial charge is 0.372 e. The van der Waals surface area contributed by atoms with E-state index in [2.05, 4.69) is 57.1 Å². The number of anilines is 2. The number of hydrogen-bond donors (Lipinski definition) is 3. The second kappa shape index (κ2) is 8.04. The van der Waals surface area contributed by atoms with Crippen LogP contribution < -0.4 is 21.3 Å². The van der Waals surface area contributed by atoms with Crippen LogP contribution in [0.5, 0.6) is 0 Å². The third-order valence-electron chi connectivity index (χ3n) is 5.71. The molecule has 0 saturated carbocycles. The van der Waals surface area contributed by atoms with Gasteiger partial charge in [0.2, 0.25) is 0 Å². The normalized spacial score (nSPS) is 16.6. The lowest BCUT2D eigenvalue weighted by Crippen LogP contribution is -3.03. The van der Waals surface area contributed by atoms with Crippen molar-refractivity contribution in [2.24, 2.45) is 5.73 Å². The molecule has 6 nitrogen and oxygen atoms in total. The minimum Gasteiger partial charge on any atom is -0.372 e. The van der Waals surface area contributed by atoms with Gasteiger partial charge in [-0.05, 0) is 71.4 Å². The number of nitrogens with one attached hydrogen (secondary N) is 1. The van der Waals surface area contributed by atoms with E-state index >= 15 is 0 Å². The van der Waals surface area contributed by atoms with Crippen LogP contribution in [0.15, 0.2) is 24.3 Å². The topological polar surface area (TPSA) is 92.0 Å². The van der Waals surface area contributed by atoms with E-state index in [0.717, 1.165) is 35.6 Å². The van der Waals surface area contributed by atoms with Crippen LogP contribution in [-0.4, -0.2) is 30.4 Å². The molecule has 0 radical (unpaired) electrons. The molecule has 0 spiro atoms. The molecule has 0 bridgehead atoms. The molecule has 0 saturated heterocycles. The summed E-state index contributed by atoms with van der Waals surface area (Å²) in [6, 6.07) is 7.55. The van der Waals surface area contributed by atoms with Gasteiger partial charge in [0.1, 0.15) is 10.5 Å². The zero-order chi connectivity index (χ0) is 22.3. The molecule has 0 unspecified atom stereocenters. The van der Waals surface area contributed by atoms with Crippen LogP contribution in [0, 0.1) is 0 Å². The smallest absolute Gasteiger partial charge is 0.256 e. The van der Waals surface area contributed by atoms with Crippen molar-refractivity contribution in [1.82, 2.24) is 0 Å². The molecule has 1 aromatic carbocycles. The molecule has 7 heteroatoms. The Bertz CT molecular complexity index is 956. The fraction of sp³-hybridized carbons (Fsp3) is 0.478. The number of carbonyl (C=O) groups excluding carboxylic acids is 2. The summed E-state index contributed by atoms with van der Waals surface area (Å²) < 4.78 is 0. The minimum atomic E-state index is -0.492. The van der Waals surface area contributed by atoms with Crippen LogP contribution in [0.3, 0.4) is 0 Å². The van der Waals surface area contributed by atoms with Crippen LogP contribution >= 0.6 is 11.3 Å². The fourth-order valence-electron chi connectivity index (χ4n) is 4.64. The van der Waals surface area contributed by atoms with Gasteiger partial charge in [-0.3, -0.25) is 9.59 Å². The van der Waals surface area contributed by atoms with E-state index in [1.807, 2.05) is 24.3 Å². The highest BCUT2D eigenvalue weighted by Crippen LogP contribution is 2.42. The van der Waals surface area contributed by atoms with Gasteiger partial charge in [0.25, 0.3) is 11.8 Å². The van der Waals surface area contributed by atoms with Crippen LogP contribution in [-0.2, 0) is 12.0 Å². The van der Waals surface area contributed by atoms with Crippen molar-refractivity contribution >= 4 is 33.8 Å². The number of nitrogens with zero attached hydrogens (tertiary/aromatic N) is 1. The summed E-state index contributed by atoms with van der Waals surface area (Å²) in [4.78, 5) is 28.6. The average Bonchev–Trinajstić information content (AvgIpc) is 3.00. The lowest BCUT2D eigenvalue weighted by Gasteiger charge is -2.38. The van der Waals surface area contributed by atoms with Gasteiger partial charge in [0.05, 0.1) is 16.0 Å². The van der Waals surface area contributed by atoms with Crippen LogP contribution in [0.1, 0.15) is 72.7 Å². The summed E-state index contributed by atoms with van der Waals surface area (Å²) in [7, 11) is 0. The summed E-state index contributed by atoms with van der Waals surface area (Å²) in [6.07, 6.45) is 0.731. The molecule has 0 aliphatic carbocycles. The molecular weight excluding hydrogens is 396 g/mol. The highest BCUT2D eigenvalue weighted by atomic mass is 32.1. The predicted molar refractivity (Wildman–Crippen MR) is 124 cm³/mol. The summed E-state index contributed by atoms with van der Waals surface area (Å²) >= 11 is 1.46. The van der Waals surface area contributed by atoms with Gasteiger partial charge in [0, 0.05) is 30.8 Å². The number of carbonyl (C=O) groups is 2. The van der Waals surface area contributed by atoms with Crippen molar-refractivity contribution in [1.29, 1.82) is 0 Å². The minimum absolute atomic E-state index is 0.0523. The van der Waals surface area contributed by atoms with E-state index < -0.39 is 5.91 Å². The molecular formula is C23H33N4O2S+. The van der Waals surface area contributed by atoms with E-state index in [9.17, 15) is 9.59 Å². The highest BCUT2D eigenvalue weighted by Gasteiger charge is 2.45. The predicted octanol–water partition coefficient (Wildman–Crippen LogP) is 3.08. The first-order chi connectivity index (χ1) is 14.0. The van der Waals surface area contributed by atoms with Crippen LogP contribution in [0.2, 0.25) is 0 Å². The SMILES string of the molecule is CCN(CC)c1ccc(C(=O)Nc2sc3c(c2C(N)=O)CC(C)(C)[NH2+]C3(C)C)cc1. The van der Waals surface area contributed by atoms with E-state index in [1.165, 1.54) is 11.3 Å². The second-order valence-electron chi connectivity index (χ2n) is 9.18. The number of rotatable bonds is 6. The van der Waals surface area contributed by atoms with Gasteiger partial charge in [-0.1, -0.05) is 0 Å². The Hall–Kier alpha value is -2.38. The first-order valence-corrected chi connectivity index (χ1v) is 11.3. The van der Waals surface area contributed by atoms with Gasteiger partial charge in [-0.25, -0.2) is 0 Å². The van der Waals surface area contributed by atoms with Crippen LogP contribution in [0.4, 0.5) is 10.7 Å². The first-order valence-electron chi connectivity index (χ1n) is 10.5. The third-order valence-corrected chi connectivity index (χ3v) is 7.19. The molecule has 1 aliphatic rings. The Morgan fingerprint density at radius 2 is 1.73 bits per heavy atom. The van der Waals surface area contributed by atoms with E-state index in [4.69, 9.17) is 5.73 Å². The van der Waals surface area contributed by atoms with Crippen molar-refractivity contribution in [2.75, 3.05) is 23.3 Å². The summed E-state index contributed by atoms with van der Waals surface area (Å²) in [6.45, 7) is 14.6. The molecule has 0 fully saturated rings. The zero-order valence-electron chi connectivity index (χ0n) is 18.8. The summed E-state index contributed by atoms with van der Waals surface area (Å²) in [5.41, 5.74) is 8.58. The molecule has 2 amide bonds. The molecule has 0 atom stereocenters. The van der Waals surface area contributed by atoms with E-state index in [1.54, 1.807) is 0 Å². The Morgan fingerprint density at radius 3 is 2.27 bits per heavy atom. The number of benzene rings is 1. The molecule has 3 rings (SSSR count). The maximum atomic E-state index is 12.9. The molecule has 30 heavy (non-hydrogen) atoms. The third kappa shape index (κ3) is 4.23. The Morgan fingerprint density at radius 1 is 1.13 bits per heavy atom. The van der Waals surface area contributed by atoms with Gasteiger partial charge < -0.3 is 21.3 Å². The summed E-state index contributed by atoms with van der Waals surface area (Å²) in [5, 5.41) is 5.82. The van der Waals surface area contributed by atoms with E-state index in [0.29, 0.717) is 16.1 Å². The Balaban J connectivity index is 1.93. The highest BCUT2D eigenvalue weighted by molar-refractivity contribution is 7.17. The van der Waals surface area contributed by atoms with Crippen molar-refractivity contribution in [3.8, 4) is 0 Å². The number of quaternary nitrogens is 1. The van der Waals surface area contributed by atoms with Gasteiger partial charge in [-0.2, -0.15) is 0 Å². The second-order valence-corrected chi connectivity index (χ2v) is 10.2. The molecule has 2 aromatic rings. The fourth-order valence-corrected chi connectivity index (χ4v) is 5.93. The quantitative estimate of drug-likeness (QED) is 0.659. The first kappa shape index (κ1) is 22.3. The van der Waals surface area contributed by atoms with Gasteiger partial charge in [-0.15, -0.1) is 11.3 Å². The zero-order valence-corrected chi connectivity index (χ0v) is 19.6. The van der Waals surface area contributed by atoms with Crippen molar-refractivity contribution < 1.29 is 14.9 Å². The maximum absolute atomic E-state index is 12.9. The Kier molecular flexibility index (Phi) is 5.98. The number of amides is 2. The lowest BCUT2D eigenvalue weighted by molar-refractivity contribution is -0.789. The standard InChI is InChI=1S/C23H32N4O2S/c1-7-27(8-2)15-11-9-14(10-12-15)20(29)25-21-17(19(24)28)16-13-22(3,4)26-23(5,6)18(16)30-21/h9-12,26H,7-8,13H2,1-6H3,(H2,24,28)(H,25,29)/p+1. The van der Waals surface area contributed by atoms with Gasteiger partial charge >= 0.3 is 0 Å². The molecule has 1 aliphatic heterocycles. The van der Waals surface area contributed by atoms with Crippen molar-refractivity contribution in [3.63, 3.8) is 0 Å². The summed E-state index contributed by atoms with van der Waals surface area (Å²) in [5.74, 6) is -0.726. The monoisotopic (exact) mass is 429 g/mol. The number of fused-ring (bicyclic) bond motifs is 1. The molecule has 5 N–H and O–H groups in total. The van der Waals surface area contributed by atoms with Crippen molar-refractivity contribution in [2.45, 2.75) is 59.0 Å². The molecule has 1 aromatic heterocycles. The number of hydrogen-bond acceptors (Lipinski definition) is 4. The number of primary amides is 1. The van der Waals surface area contributed by atoms with Crippen LogP contribution in [0.25, 0.3) is 0 Å². The Labute approximate surface area is 182 Å². The number of thiophene rings is 1. The maximum Gasteiger partial charge on any atom is 0.256 e. The lowest BCUT2D eigenvalue weighted by atomic mass is 9.81. The average molecular weight is 430 g/mol. The molecule has 162 valence electrons. The van der Waals surface area contributed by atoms with Gasteiger partial charge in [0.15, 0.2) is 0 Å². The number of nitrogens with two attached hydrogens (primary N) is 2. The van der Waals surface area contributed by atoms with Crippen molar-refractivity contribution in [3.05, 3.63) is 45.8 Å². The molecule has 2 heterocycles. The van der Waals surface area contributed by atoms with E-state index in [-0.39, 0.29) is 17.0 Å².